The smallest absolute Gasteiger partial charge is 0.282 e. The lowest BCUT2D eigenvalue weighted by atomic mass is 9.53. The number of benzene rings is 1. The fourth-order valence-electron chi connectivity index (χ4n) is 5.29. The van der Waals surface area contributed by atoms with Crippen molar-refractivity contribution >= 4 is 10.1 Å². The molecule has 26 heavy (non-hydrogen) atoms. The van der Waals surface area contributed by atoms with Crippen molar-refractivity contribution in [2.45, 2.75) is 103 Å². The molecule has 0 amide bonds. The average Bonchev–Trinajstić information content (AvgIpc) is 2.64. The lowest BCUT2D eigenvalue weighted by Crippen LogP contribution is -2.46. The molecule has 0 fully saturated rings. The van der Waals surface area contributed by atoms with Gasteiger partial charge >= 0.3 is 0 Å². The molecule has 0 saturated heterocycles. The second kappa shape index (κ2) is 9.36. The van der Waals surface area contributed by atoms with E-state index in [1.54, 1.807) is 12.1 Å². The van der Waals surface area contributed by atoms with E-state index in [2.05, 4.69) is 47.6 Å². The van der Waals surface area contributed by atoms with Gasteiger partial charge in [-0.05, 0) is 67.6 Å². The zero-order valence-electron chi connectivity index (χ0n) is 17.6. The molecule has 0 saturated carbocycles. The third kappa shape index (κ3) is 4.01. The second-order valence-corrected chi connectivity index (χ2v) is 8.89. The van der Waals surface area contributed by atoms with Crippen molar-refractivity contribution in [3.05, 3.63) is 29.3 Å². The van der Waals surface area contributed by atoms with Crippen LogP contribution < -0.4 is 0 Å². The molecule has 1 N–H and O–H groups in total. The molecule has 0 radical (unpaired) electrons. The van der Waals surface area contributed by atoms with E-state index < -0.39 is 10.1 Å². The van der Waals surface area contributed by atoms with Crippen LogP contribution in [0.4, 0.5) is 0 Å². The van der Waals surface area contributed by atoms with Gasteiger partial charge in [0.1, 0.15) is 0 Å². The van der Waals surface area contributed by atoms with Crippen LogP contribution in [0.5, 0.6) is 0 Å². The second-order valence-electron chi connectivity index (χ2n) is 7.50. The summed E-state index contributed by atoms with van der Waals surface area (Å²) in [6.07, 6.45) is 7.64. The molecule has 1 rings (SSSR count). The van der Waals surface area contributed by atoms with Crippen LogP contribution in [0.25, 0.3) is 0 Å². The fourth-order valence-corrected chi connectivity index (χ4v) is 6.13. The minimum absolute atomic E-state index is 0.0122. The standard InChI is InChI=1S/C22H38O3S/c1-7-13-15-18-16-14-17-19(26(23,24)25)20(18)22(11-5,12-6)21(8-2,9-3)10-4/h14,16-17H,7-13,15H2,1-6H3,(H,23,24,25). The van der Waals surface area contributed by atoms with E-state index in [0.717, 1.165) is 62.5 Å². The normalized spacial score (nSPS) is 13.2. The fraction of sp³-hybridized carbons (Fsp3) is 0.727. The summed E-state index contributed by atoms with van der Waals surface area (Å²) < 4.78 is 34.6. The van der Waals surface area contributed by atoms with E-state index in [1.807, 2.05) is 0 Å². The Kier molecular flexibility index (Phi) is 8.34. The molecule has 1 aromatic rings. The molecule has 150 valence electrons. The predicted octanol–water partition coefficient (Wildman–Crippen LogP) is 6.55. The minimum Gasteiger partial charge on any atom is -0.282 e. The maximum absolute atomic E-state index is 12.3. The Balaban J connectivity index is 3.96. The first-order chi connectivity index (χ1) is 12.2. The number of unbranched alkanes of at least 4 members (excludes halogenated alkanes) is 1. The van der Waals surface area contributed by atoms with Crippen molar-refractivity contribution in [1.29, 1.82) is 0 Å². The zero-order valence-corrected chi connectivity index (χ0v) is 18.4. The first kappa shape index (κ1) is 23.2. The van der Waals surface area contributed by atoms with Gasteiger partial charge in [-0.2, -0.15) is 8.42 Å². The predicted molar refractivity (Wildman–Crippen MR) is 110 cm³/mol. The Morgan fingerprint density at radius 3 is 1.81 bits per heavy atom. The summed E-state index contributed by atoms with van der Waals surface area (Å²) in [5.41, 5.74) is 1.72. The first-order valence-electron chi connectivity index (χ1n) is 10.3. The van der Waals surface area contributed by atoms with Gasteiger partial charge in [0.25, 0.3) is 10.1 Å². The molecule has 0 unspecified atom stereocenters. The van der Waals surface area contributed by atoms with Crippen LogP contribution in [0.2, 0.25) is 0 Å². The number of hydrogen-bond acceptors (Lipinski definition) is 2. The molecule has 0 aliphatic carbocycles. The van der Waals surface area contributed by atoms with Gasteiger partial charge in [-0.3, -0.25) is 4.55 Å². The summed E-state index contributed by atoms with van der Waals surface area (Å²) in [4.78, 5) is 0.120. The topological polar surface area (TPSA) is 54.4 Å². The van der Waals surface area contributed by atoms with E-state index in [9.17, 15) is 13.0 Å². The van der Waals surface area contributed by atoms with E-state index >= 15 is 0 Å². The molecule has 0 aliphatic heterocycles. The Labute approximate surface area is 161 Å². The van der Waals surface area contributed by atoms with E-state index in [1.165, 1.54) is 0 Å². The molecule has 0 aromatic heterocycles. The van der Waals surface area contributed by atoms with Crippen molar-refractivity contribution in [2.75, 3.05) is 0 Å². The zero-order chi connectivity index (χ0) is 20.0. The van der Waals surface area contributed by atoms with Crippen LogP contribution >= 0.6 is 0 Å². The van der Waals surface area contributed by atoms with Gasteiger partial charge in [0.15, 0.2) is 0 Å². The van der Waals surface area contributed by atoms with E-state index in [0.29, 0.717) is 0 Å². The van der Waals surface area contributed by atoms with Crippen molar-refractivity contribution in [3.63, 3.8) is 0 Å². The van der Waals surface area contributed by atoms with Crippen LogP contribution in [0.15, 0.2) is 23.1 Å². The maximum Gasteiger partial charge on any atom is 0.294 e. The largest absolute Gasteiger partial charge is 0.294 e. The highest BCUT2D eigenvalue weighted by Crippen LogP contribution is 2.55. The number of aryl methyl sites for hydroxylation is 1. The summed E-state index contributed by atoms with van der Waals surface area (Å²) in [5, 5.41) is 0. The Morgan fingerprint density at radius 2 is 1.42 bits per heavy atom. The summed E-state index contributed by atoms with van der Waals surface area (Å²) in [5.74, 6) is 0. The Bertz CT molecular complexity index is 660. The van der Waals surface area contributed by atoms with Gasteiger partial charge in [0, 0.05) is 5.41 Å². The summed E-state index contributed by atoms with van der Waals surface area (Å²) in [6.45, 7) is 13.1. The summed E-state index contributed by atoms with van der Waals surface area (Å²) in [6, 6.07) is 5.43. The molecule has 4 heteroatoms. The lowest BCUT2D eigenvalue weighted by Gasteiger charge is -2.51. The molecule has 0 heterocycles. The maximum atomic E-state index is 12.3. The molecule has 0 spiro atoms. The Morgan fingerprint density at radius 1 is 0.885 bits per heavy atom. The van der Waals surface area contributed by atoms with Crippen molar-refractivity contribution in [2.24, 2.45) is 5.41 Å². The van der Waals surface area contributed by atoms with Crippen LogP contribution in [0.3, 0.4) is 0 Å². The minimum atomic E-state index is -4.27. The summed E-state index contributed by atoms with van der Waals surface area (Å²) >= 11 is 0. The van der Waals surface area contributed by atoms with Gasteiger partial charge in [0.2, 0.25) is 0 Å². The number of rotatable bonds is 11. The quantitative estimate of drug-likeness (QED) is 0.441. The lowest BCUT2D eigenvalue weighted by molar-refractivity contribution is 0.0792. The molecular formula is C22H38O3S. The van der Waals surface area contributed by atoms with Gasteiger partial charge in [-0.25, -0.2) is 0 Å². The van der Waals surface area contributed by atoms with E-state index in [4.69, 9.17) is 0 Å². The monoisotopic (exact) mass is 382 g/mol. The SMILES string of the molecule is CCCCc1cccc(S(=O)(=O)O)c1C(CC)(CC)C(CC)(CC)CC. The molecular weight excluding hydrogens is 344 g/mol. The molecule has 3 nitrogen and oxygen atoms in total. The molecule has 0 atom stereocenters. The van der Waals surface area contributed by atoms with Crippen LogP contribution in [0, 0.1) is 5.41 Å². The summed E-state index contributed by atoms with van der Waals surface area (Å²) in [7, 11) is -4.27. The highest BCUT2D eigenvalue weighted by atomic mass is 32.2. The van der Waals surface area contributed by atoms with Gasteiger partial charge in [-0.15, -0.1) is 0 Å². The number of hydrogen-bond donors (Lipinski definition) is 1. The van der Waals surface area contributed by atoms with Crippen LogP contribution in [-0.4, -0.2) is 13.0 Å². The van der Waals surface area contributed by atoms with Crippen LogP contribution in [0.1, 0.15) is 97.6 Å². The highest BCUT2D eigenvalue weighted by Gasteiger charge is 2.49. The van der Waals surface area contributed by atoms with Gasteiger partial charge in [0.05, 0.1) is 4.90 Å². The van der Waals surface area contributed by atoms with Crippen molar-refractivity contribution in [1.82, 2.24) is 0 Å². The average molecular weight is 383 g/mol. The third-order valence-electron chi connectivity index (χ3n) is 6.92. The Hall–Kier alpha value is -0.870. The van der Waals surface area contributed by atoms with Crippen molar-refractivity contribution in [3.8, 4) is 0 Å². The van der Waals surface area contributed by atoms with Crippen LogP contribution in [-0.2, 0) is 22.0 Å². The van der Waals surface area contributed by atoms with Gasteiger partial charge in [-0.1, -0.05) is 60.1 Å². The molecule has 0 aliphatic rings. The van der Waals surface area contributed by atoms with Crippen molar-refractivity contribution < 1.29 is 13.0 Å². The van der Waals surface area contributed by atoms with E-state index in [-0.39, 0.29) is 15.7 Å². The highest BCUT2D eigenvalue weighted by molar-refractivity contribution is 7.85. The third-order valence-corrected chi connectivity index (χ3v) is 7.82. The van der Waals surface area contributed by atoms with Gasteiger partial charge < -0.3 is 0 Å². The molecule has 1 aromatic carbocycles. The molecule has 0 bridgehead atoms. The first-order valence-corrected chi connectivity index (χ1v) is 11.8.